The molecule has 0 radical (unpaired) electrons. The van der Waals surface area contributed by atoms with E-state index in [1.807, 2.05) is 0 Å². The number of rotatable bonds is 6. The molecule has 1 amide bonds. The van der Waals surface area contributed by atoms with Crippen molar-refractivity contribution in [1.82, 2.24) is 5.32 Å². The molecule has 0 aromatic heterocycles. The minimum Gasteiger partial charge on any atom is -0.351 e. The van der Waals surface area contributed by atoms with Gasteiger partial charge in [-0.15, -0.1) is 0 Å². The van der Waals surface area contributed by atoms with Gasteiger partial charge in [0.05, 0.1) is 10.7 Å². The fourth-order valence-electron chi connectivity index (χ4n) is 1.36. The van der Waals surface area contributed by atoms with Crippen molar-refractivity contribution < 1.29 is 18.1 Å². The largest absolute Gasteiger partial charge is 0.351 e. The second kappa shape index (κ2) is 6.67. The highest BCUT2D eigenvalue weighted by molar-refractivity contribution is 7.91. The lowest BCUT2D eigenvalue weighted by atomic mass is 10.2. The number of halogens is 1. The molecule has 9 heteroatoms. The van der Waals surface area contributed by atoms with Crippen LogP contribution in [0.5, 0.6) is 0 Å². The van der Waals surface area contributed by atoms with Crippen LogP contribution in [0.25, 0.3) is 0 Å². The van der Waals surface area contributed by atoms with Crippen LogP contribution >= 0.6 is 11.6 Å². The minimum atomic E-state index is -3.15. The van der Waals surface area contributed by atoms with Crippen LogP contribution in [0.3, 0.4) is 0 Å². The van der Waals surface area contributed by atoms with E-state index in [-0.39, 0.29) is 34.3 Å². The van der Waals surface area contributed by atoms with Gasteiger partial charge in [0.1, 0.15) is 5.02 Å². The van der Waals surface area contributed by atoms with E-state index in [2.05, 4.69) is 5.32 Å². The summed E-state index contributed by atoms with van der Waals surface area (Å²) in [5.74, 6) is -0.685. The number of benzene rings is 1. The third-order valence-corrected chi connectivity index (χ3v) is 4.55. The number of hydrogen-bond acceptors (Lipinski definition) is 5. The van der Waals surface area contributed by atoms with E-state index in [0.29, 0.717) is 0 Å². The zero-order valence-electron chi connectivity index (χ0n) is 10.6. The molecule has 110 valence electrons. The van der Waals surface area contributed by atoms with Crippen LogP contribution in [-0.4, -0.2) is 37.3 Å². The van der Waals surface area contributed by atoms with Gasteiger partial charge in [-0.05, 0) is 12.1 Å². The predicted molar refractivity (Wildman–Crippen MR) is 74.8 cm³/mol. The molecule has 0 aliphatic carbocycles. The Morgan fingerprint density at radius 3 is 2.60 bits per heavy atom. The Morgan fingerprint density at radius 2 is 2.10 bits per heavy atom. The molecule has 0 saturated carbocycles. The summed E-state index contributed by atoms with van der Waals surface area (Å²) in [6.45, 7) is 1.50. The summed E-state index contributed by atoms with van der Waals surface area (Å²) in [6.07, 6.45) is 0. The van der Waals surface area contributed by atoms with Crippen molar-refractivity contribution in [1.29, 1.82) is 0 Å². The molecule has 20 heavy (non-hydrogen) atoms. The molecular formula is C11H13ClN2O5S. The highest BCUT2D eigenvalue weighted by Gasteiger charge is 2.15. The number of carbonyl (C=O) groups is 1. The molecule has 1 N–H and O–H groups in total. The Bertz CT molecular complexity index is 630. The molecule has 0 fully saturated rings. The van der Waals surface area contributed by atoms with Crippen LogP contribution in [0.2, 0.25) is 5.02 Å². The molecule has 0 spiro atoms. The standard InChI is InChI=1S/C11H13ClN2O5S/c1-2-20(18,19)6-5-13-11(15)8-3-4-10(14(16)17)9(12)7-8/h3-4,7H,2,5-6H2,1H3,(H,13,15). The zero-order chi connectivity index (χ0) is 15.3. The average Bonchev–Trinajstić information content (AvgIpc) is 2.37. The number of hydrogen-bond donors (Lipinski definition) is 1. The molecule has 0 atom stereocenters. The SMILES string of the molecule is CCS(=O)(=O)CCNC(=O)c1ccc([N+](=O)[O-])c(Cl)c1. The molecular weight excluding hydrogens is 308 g/mol. The van der Waals surface area contributed by atoms with Crippen molar-refractivity contribution in [2.75, 3.05) is 18.1 Å². The third-order valence-electron chi connectivity index (χ3n) is 2.55. The Morgan fingerprint density at radius 1 is 1.45 bits per heavy atom. The number of nitro benzene ring substituents is 1. The van der Waals surface area contributed by atoms with Crippen molar-refractivity contribution in [3.05, 3.63) is 38.9 Å². The summed E-state index contributed by atoms with van der Waals surface area (Å²) >= 11 is 5.68. The summed E-state index contributed by atoms with van der Waals surface area (Å²) in [7, 11) is -3.15. The quantitative estimate of drug-likeness (QED) is 0.630. The number of nitrogens with zero attached hydrogens (tertiary/aromatic N) is 1. The molecule has 0 aliphatic rings. The summed E-state index contributed by atoms with van der Waals surface area (Å²) in [5.41, 5.74) is -0.161. The lowest BCUT2D eigenvalue weighted by Gasteiger charge is -2.05. The predicted octanol–water partition coefficient (Wildman–Crippen LogP) is 1.41. The number of nitrogens with one attached hydrogen (secondary N) is 1. The number of carbonyl (C=O) groups excluding carboxylic acids is 1. The summed E-state index contributed by atoms with van der Waals surface area (Å²) in [4.78, 5) is 21.6. The monoisotopic (exact) mass is 320 g/mol. The van der Waals surface area contributed by atoms with E-state index in [1.54, 1.807) is 0 Å². The van der Waals surface area contributed by atoms with E-state index in [1.165, 1.54) is 19.1 Å². The Labute approximate surface area is 121 Å². The number of sulfone groups is 1. The maximum atomic E-state index is 11.7. The van der Waals surface area contributed by atoms with Crippen LogP contribution in [0.1, 0.15) is 17.3 Å². The van der Waals surface area contributed by atoms with Crippen molar-refractivity contribution in [2.45, 2.75) is 6.92 Å². The van der Waals surface area contributed by atoms with E-state index < -0.39 is 20.7 Å². The normalized spacial score (nSPS) is 11.1. The molecule has 0 aliphatic heterocycles. The summed E-state index contributed by atoms with van der Waals surface area (Å²) in [6, 6.07) is 3.55. The maximum absolute atomic E-state index is 11.7. The Hall–Kier alpha value is -1.67. The van der Waals surface area contributed by atoms with Crippen molar-refractivity contribution in [3.8, 4) is 0 Å². The van der Waals surface area contributed by atoms with Crippen molar-refractivity contribution >= 4 is 33.0 Å². The van der Waals surface area contributed by atoms with Gasteiger partial charge in [0.15, 0.2) is 9.84 Å². The smallest absolute Gasteiger partial charge is 0.287 e. The first-order valence-corrected chi connectivity index (χ1v) is 7.89. The van der Waals surface area contributed by atoms with Crippen molar-refractivity contribution in [3.63, 3.8) is 0 Å². The fraction of sp³-hybridized carbons (Fsp3) is 0.364. The highest BCUT2D eigenvalue weighted by atomic mass is 35.5. The van der Waals surface area contributed by atoms with Gasteiger partial charge in [0.25, 0.3) is 11.6 Å². The van der Waals surface area contributed by atoms with Gasteiger partial charge in [0.2, 0.25) is 0 Å². The summed E-state index contributed by atoms with van der Waals surface area (Å²) < 4.78 is 22.5. The van der Waals surface area contributed by atoms with Gasteiger partial charge in [-0.3, -0.25) is 14.9 Å². The molecule has 0 saturated heterocycles. The van der Waals surface area contributed by atoms with E-state index in [0.717, 1.165) is 6.07 Å². The summed E-state index contributed by atoms with van der Waals surface area (Å²) in [5, 5.41) is 12.8. The van der Waals surface area contributed by atoms with Gasteiger partial charge in [-0.25, -0.2) is 8.42 Å². The van der Waals surface area contributed by atoms with E-state index in [9.17, 15) is 23.3 Å². The maximum Gasteiger partial charge on any atom is 0.287 e. The number of nitro groups is 1. The first-order valence-electron chi connectivity index (χ1n) is 5.69. The van der Waals surface area contributed by atoms with E-state index in [4.69, 9.17) is 11.6 Å². The first-order chi connectivity index (χ1) is 9.26. The van der Waals surface area contributed by atoms with Crippen LogP contribution in [-0.2, 0) is 9.84 Å². The number of amides is 1. The van der Waals surface area contributed by atoms with Gasteiger partial charge < -0.3 is 5.32 Å². The first kappa shape index (κ1) is 16.4. The lowest BCUT2D eigenvalue weighted by molar-refractivity contribution is -0.384. The fourth-order valence-corrected chi connectivity index (χ4v) is 2.31. The molecule has 0 heterocycles. The Kier molecular flexibility index (Phi) is 5.46. The molecule has 0 bridgehead atoms. The van der Waals surface area contributed by atoms with Crippen LogP contribution in [0.15, 0.2) is 18.2 Å². The van der Waals surface area contributed by atoms with Gasteiger partial charge in [-0.1, -0.05) is 18.5 Å². The second-order valence-corrected chi connectivity index (χ2v) is 6.80. The van der Waals surface area contributed by atoms with Crippen molar-refractivity contribution in [2.24, 2.45) is 0 Å². The highest BCUT2D eigenvalue weighted by Crippen LogP contribution is 2.24. The van der Waals surface area contributed by atoms with Crippen LogP contribution in [0, 0.1) is 10.1 Å². The van der Waals surface area contributed by atoms with E-state index >= 15 is 0 Å². The molecule has 1 aromatic rings. The molecule has 1 rings (SSSR count). The topological polar surface area (TPSA) is 106 Å². The Balaban J connectivity index is 2.70. The molecule has 0 unspecified atom stereocenters. The average molecular weight is 321 g/mol. The van der Waals surface area contributed by atoms with Gasteiger partial charge >= 0.3 is 0 Å². The van der Waals surface area contributed by atoms with Gasteiger partial charge in [0, 0.05) is 23.9 Å². The van der Waals surface area contributed by atoms with Crippen LogP contribution < -0.4 is 5.32 Å². The van der Waals surface area contributed by atoms with Gasteiger partial charge in [-0.2, -0.15) is 0 Å². The molecule has 7 nitrogen and oxygen atoms in total. The molecule has 1 aromatic carbocycles. The van der Waals surface area contributed by atoms with Crippen LogP contribution in [0.4, 0.5) is 5.69 Å². The zero-order valence-corrected chi connectivity index (χ0v) is 12.2. The third kappa shape index (κ3) is 4.46. The second-order valence-electron chi connectivity index (χ2n) is 3.92. The minimum absolute atomic E-state index is 0.00618. The lowest BCUT2D eigenvalue weighted by Crippen LogP contribution is -2.29.